The van der Waals surface area contributed by atoms with E-state index in [1.54, 1.807) is 6.07 Å². The Morgan fingerprint density at radius 3 is 2.77 bits per heavy atom. The maximum Gasteiger partial charge on any atom is 0.229 e. The van der Waals surface area contributed by atoms with Crippen molar-refractivity contribution in [2.24, 2.45) is 0 Å². The first kappa shape index (κ1) is 20.8. The number of anilines is 3. The lowest BCUT2D eigenvalue weighted by molar-refractivity contribution is 0.551. The summed E-state index contributed by atoms with van der Waals surface area (Å²) in [5, 5.41) is 16.1. The topological polar surface area (TPSA) is 76.9 Å². The smallest absolute Gasteiger partial charge is 0.229 e. The van der Waals surface area contributed by atoms with Crippen LogP contribution >= 0.6 is 0 Å². The Balaban J connectivity index is 1.46. The van der Waals surface area contributed by atoms with Crippen molar-refractivity contribution in [1.82, 2.24) is 15.3 Å². The van der Waals surface area contributed by atoms with E-state index in [9.17, 15) is 0 Å². The van der Waals surface area contributed by atoms with Gasteiger partial charge in [-0.3, -0.25) is 0 Å². The highest BCUT2D eigenvalue weighted by molar-refractivity contribution is 5.58. The first-order valence-corrected chi connectivity index (χ1v) is 10.9. The molecule has 1 saturated heterocycles. The van der Waals surface area contributed by atoms with Crippen molar-refractivity contribution < 1.29 is 0 Å². The van der Waals surface area contributed by atoms with Crippen molar-refractivity contribution in [2.45, 2.75) is 38.8 Å². The van der Waals surface area contributed by atoms with Gasteiger partial charge in [0.15, 0.2) is 0 Å². The third kappa shape index (κ3) is 5.59. The summed E-state index contributed by atoms with van der Waals surface area (Å²) in [6.07, 6.45) is 3.03. The second kappa shape index (κ2) is 10.1. The van der Waals surface area contributed by atoms with Crippen LogP contribution in [0.3, 0.4) is 0 Å². The summed E-state index contributed by atoms with van der Waals surface area (Å²) < 4.78 is 0. The number of aryl methyl sites for hydroxylation is 1. The van der Waals surface area contributed by atoms with Crippen LogP contribution < -0.4 is 15.5 Å². The molecule has 2 heterocycles. The number of rotatable bonds is 8. The number of hydrogen-bond donors (Lipinski definition) is 2. The fraction of sp³-hybridized carbons (Fsp3) is 0.320. The van der Waals surface area contributed by atoms with E-state index in [1.165, 1.54) is 5.56 Å². The number of benzene rings is 2. The lowest BCUT2D eigenvalue weighted by Gasteiger charge is -2.20. The summed E-state index contributed by atoms with van der Waals surface area (Å²) >= 11 is 0. The summed E-state index contributed by atoms with van der Waals surface area (Å²) in [5.74, 6) is 1.54. The number of nitrogens with zero attached hydrogens (tertiary/aromatic N) is 4. The van der Waals surface area contributed by atoms with E-state index in [4.69, 9.17) is 15.2 Å². The van der Waals surface area contributed by atoms with Crippen LogP contribution in [0.2, 0.25) is 0 Å². The minimum absolute atomic E-state index is 0.438. The average Bonchev–Trinajstić information content (AvgIpc) is 3.28. The quantitative estimate of drug-likeness (QED) is 0.571. The summed E-state index contributed by atoms with van der Waals surface area (Å²) in [6, 6.07) is 22.6. The van der Waals surface area contributed by atoms with Gasteiger partial charge in [-0.2, -0.15) is 10.2 Å². The Bertz CT molecular complexity index is 1040. The van der Waals surface area contributed by atoms with Gasteiger partial charge in [-0.15, -0.1) is 0 Å². The molecule has 4 rings (SSSR count). The molecule has 6 heteroatoms. The van der Waals surface area contributed by atoms with Crippen LogP contribution in [-0.2, 0) is 13.0 Å². The van der Waals surface area contributed by atoms with Crippen molar-refractivity contribution >= 4 is 17.5 Å². The zero-order valence-corrected chi connectivity index (χ0v) is 17.9. The molecule has 0 unspecified atom stereocenters. The minimum atomic E-state index is 0.438. The largest absolute Gasteiger partial charge is 0.355 e. The Kier molecular flexibility index (Phi) is 6.75. The maximum atomic E-state index is 9.15. The first-order chi connectivity index (χ1) is 15.2. The van der Waals surface area contributed by atoms with E-state index < -0.39 is 0 Å². The molecule has 1 aliphatic rings. The fourth-order valence-corrected chi connectivity index (χ4v) is 3.87. The van der Waals surface area contributed by atoms with Crippen molar-refractivity contribution in [1.29, 1.82) is 5.26 Å². The van der Waals surface area contributed by atoms with E-state index >= 15 is 0 Å². The highest BCUT2D eigenvalue weighted by Crippen LogP contribution is 2.23. The molecule has 0 amide bonds. The van der Waals surface area contributed by atoms with Crippen molar-refractivity contribution in [2.75, 3.05) is 23.3 Å². The second-order valence-corrected chi connectivity index (χ2v) is 7.91. The van der Waals surface area contributed by atoms with E-state index in [0.29, 0.717) is 17.6 Å². The Labute approximate surface area is 184 Å². The Morgan fingerprint density at radius 2 is 1.97 bits per heavy atom. The van der Waals surface area contributed by atoms with E-state index in [0.717, 1.165) is 56.1 Å². The van der Waals surface area contributed by atoms with Crippen LogP contribution in [0, 0.1) is 11.3 Å². The molecular formula is C25H28N6. The number of hydrogen-bond acceptors (Lipinski definition) is 6. The number of nitrogens with one attached hydrogen (secondary N) is 2. The lowest BCUT2D eigenvalue weighted by Crippen LogP contribution is -2.32. The Hall–Kier alpha value is -3.43. The molecule has 0 bridgehead atoms. The maximum absolute atomic E-state index is 9.15. The number of aromatic nitrogens is 2. The van der Waals surface area contributed by atoms with Gasteiger partial charge in [0.2, 0.25) is 5.95 Å². The molecule has 0 aliphatic carbocycles. The highest BCUT2D eigenvalue weighted by Gasteiger charge is 2.24. The molecule has 2 aromatic carbocycles. The highest BCUT2D eigenvalue weighted by atomic mass is 15.3. The lowest BCUT2D eigenvalue weighted by atomic mass is 10.2. The third-order valence-electron chi connectivity index (χ3n) is 5.47. The standard InChI is InChI=1S/C25H28N6/c1-2-7-21-15-24(30-25(28-21)29-22-11-6-10-20(14-22)16-26)31-13-12-23(18-31)27-17-19-8-4-3-5-9-19/h3-6,8-11,14-15,23,27H,2,7,12-13,17-18H2,1H3,(H,28,29,30)/t23-/m0/s1. The van der Waals surface area contributed by atoms with Crippen LogP contribution in [0.15, 0.2) is 60.7 Å². The van der Waals surface area contributed by atoms with Gasteiger partial charge in [0, 0.05) is 43.1 Å². The fourth-order valence-electron chi connectivity index (χ4n) is 3.87. The van der Waals surface area contributed by atoms with E-state index in [2.05, 4.69) is 58.9 Å². The van der Waals surface area contributed by atoms with Gasteiger partial charge < -0.3 is 15.5 Å². The molecule has 6 nitrogen and oxygen atoms in total. The van der Waals surface area contributed by atoms with Gasteiger partial charge in [-0.25, -0.2) is 4.98 Å². The van der Waals surface area contributed by atoms with Gasteiger partial charge >= 0.3 is 0 Å². The van der Waals surface area contributed by atoms with Crippen molar-refractivity contribution in [3.05, 3.63) is 77.5 Å². The molecule has 0 radical (unpaired) electrons. The van der Waals surface area contributed by atoms with Crippen LogP contribution in [-0.4, -0.2) is 29.1 Å². The monoisotopic (exact) mass is 412 g/mol. The van der Waals surface area contributed by atoms with Gasteiger partial charge in [-0.1, -0.05) is 49.7 Å². The summed E-state index contributed by atoms with van der Waals surface area (Å²) in [6.45, 7) is 4.94. The van der Waals surface area contributed by atoms with Gasteiger partial charge in [-0.05, 0) is 36.6 Å². The molecule has 0 spiro atoms. The van der Waals surface area contributed by atoms with Gasteiger partial charge in [0.25, 0.3) is 0 Å². The van der Waals surface area contributed by atoms with Crippen LogP contribution in [0.5, 0.6) is 0 Å². The predicted molar refractivity (Wildman–Crippen MR) is 124 cm³/mol. The van der Waals surface area contributed by atoms with Gasteiger partial charge in [0.1, 0.15) is 5.82 Å². The van der Waals surface area contributed by atoms with Crippen molar-refractivity contribution in [3.8, 4) is 6.07 Å². The number of nitriles is 1. The van der Waals surface area contributed by atoms with Crippen LogP contribution in [0.25, 0.3) is 0 Å². The summed E-state index contributed by atoms with van der Waals surface area (Å²) in [5.41, 5.74) is 3.77. The molecular weight excluding hydrogens is 384 g/mol. The molecule has 1 aromatic heterocycles. The normalized spacial score (nSPS) is 15.6. The molecule has 2 N–H and O–H groups in total. The van der Waals surface area contributed by atoms with E-state index in [-0.39, 0.29) is 0 Å². The van der Waals surface area contributed by atoms with Crippen LogP contribution in [0.4, 0.5) is 17.5 Å². The predicted octanol–water partition coefficient (Wildman–Crippen LogP) is 4.41. The average molecular weight is 413 g/mol. The van der Waals surface area contributed by atoms with Crippen LogP contribution in [0.1, 0.15) is 36.6 Å². The van der Waals surface area contributed by atoms with Gasteiger partial charge in [0.05, 0.1) is 11.6 Å². The zero-order chi connectivity index (χ0) is 21.5. The van der Waals surface area contributed by atoms with E-state index in [1.807, 2.05) is 24.3 Å². The summed E-state index contributed by atoms with van der Waals surface area (Å²) in [4.78, 5) is 11.8. The molecule has 158 valence electrons. The molecule has 1 fully saturated rings. The first-order valence-electron chi connectivity index (χ1n) is 10.9. The molecule has 1 atom stereocenters. The van der Waals surface area contributed by atoms with Crippen molar-refractivity contribution in [3.63, 3.8) is 0 Å². The summed E-state index contributed by atoms with van der Waals surface area (Å²) in [7, 11) is 0. The third-order valence-corrected chi connectivity index (χ3v) is 5.47. The molecule has 1 aliphatic heterocycles. The molecule has 3 aromatic rings. The second-order valence-electron chi connectivity index (χ2n) is 7.91. The Morgan fingerprint density at radius 1 is 1.10 bits per heavy atom. The molecule has 0 saturated carbocycles. The zero-order valence-electron chi connectivity index (χ0n) is 17.9. The molecule has 31 heavy (non-hydrogen) atoms. The SMILES string of the molecule is CCCc1cc(N2CC[C@H](NCc3ccccc3)C2)nc(Nc2cccc(C#N)c2)n1. The minimum Gasteiger partial charge on any atom is -0.355 e.